The third-order valence-corrected chi connectivity index (χ3v) is 2.79. The van der Waals surface area contributed by atoms with Crippen molar-refractivity contribution in [2.45, 2.75) is 46.0 Å². The van der Waals surface area contributed by atoms with Gasteiger partial charge in [-0.2, -0.15) is 0 Å². The molecule has 0 spiro atoms. The van der Waals surface area contributed by atoms with Gasteiger partial charge in [-0.15, -0.1) is 0 Å². The zero-order valence-electron chi connectivity index (χ0n) is 10.8. The van der Waals surface area contributed by atoms with Crippen LogP contribution in [0.5, 0.6) is 5.75 Å². The Kier molecular flexibility index (Phi) is 3.81. The number of carbonyl (C=O) groups is 1. The number of hydrogen-bond donors (Lipinski definition) is 1. The van der Waals surface area contributed by atoms with E-state index >= 15 is 0 Å². The van der Waals surface area contributed by atoms with Gasteiger partial charge in [-0.05, 0) is 35.4 Å². The summed E-state index contributed by atoms with van der Waals surface area (Å²) in [4.78, 5) is 10.4. The fourth-order valence-corrected chi connectivity index (χ4v) is 1.82. The first kappa shape index (κ1) is 13.6. The topological polar surface area (TPSA) is 57.2 Å². The SMILES string of the molecule is Cc1cc(CCC([O])=O)cc(C(C)(C)C)c1O. The number of hydrogen-bond acceptors (Lipinski definition) is 2. The highest BCUT2D eigenvalue weighted by atomic mass is 16.4. The van der Waals surface area contributed by atoms with E-state index in [-0.39, 0.29) is 11.8 Å². The van der Waals surface area contributed by atoms with Crippen LogP contribution in [-0.2, 0) is 21.7 Å². The van der Waals surface area contributed by atoms with Gasteiger partial charge in [0, 0.05) is 0 Å². The monoisotopic (exact) mass is 235 g/mol. The fourth-order valence-electron chi connectivity index (χ4n) is 1.82. The number of carbonyl (C=O) groups excluding carboxylic acids is 1. The average Bonchev–Trinajstić information content (AvgIpc) is 2.17. The van der Waals surface area contributed by atoms with Crippen molar-refractivity contribution in [1.82, 2.24) is 0 Å². The van der Waals surface area contributed by atoms with Crippen molar-refractivity contribution in [1.29, 1.82) is 0 Å². The second-order valence-electron chi connectivity index (χ2n) is 5.43. The molecule has 17 heavy (non-hydrogen) atoms. The lowest BCUT2D eigenvalue weighted by Gasteiger charge is -2.22. The van der Waals surface area contributed by atoms with E-state index in [1.54, 1.807) is 0 Å². The van der Waals surface area contributed by atoms with Gasteiger partial charge in [-0.1, -0.05) is 32.9 Å². The van der Waals surface area contributed by atoms with Gasteiger partial charge in [0.2, 0.25) is 0 Å². The highest BCUT2D eigenvalue weighted by Gasteiger charge is 2.20. The molecule has 3 heteroatoms. The molecule has 1 aromatic carbocycles. The molecule has 0 unspecified atom stereocenters. The zero-order valence-corrected chi connectivity index (χ0v) is 10.8. The van der Waals surface area contributed by atoms with Crippen LogP contribution in [0.4, 0.5) is 0 Å². The maximum absolute atomic E-state index is 10.4. The fraction of sp³-hybridized carbons (Fsp3) is 0.500. The molecular weight excluding hydrogens is 216 g/mol. The van der Waals surface area contributed by atoms with E-state index in [9.17, 15) is 15.0 Å². The largest absolute Gasteiger partial charge is 0.507 e. The normalized spacial score (nSPS) is 11.5. The minimum Gasteiger partial charge on any atom is -0.507 e. The van der Waals surface area contributed by atoms with Gasteiger partial charge in [0.15, 0.2) is 0 Å². The quantitative estimate of drug-likeness (QED) is 0.875. The van der Waals surface area contributed by atoms with Gasteiger partial charge in [0.25, 0.3) is 0 Å². The van der Waals surface area contributed by atoms with Gasteiger partial charge < -0.3 is 5.11 Å². The van der Waals surface area contributed by atoms with Crippen LogP contribution in [0, 0.1) is 6.92 Å². The molecule has 0 aromatic heterocycles. The Hall–Kier alpha value is -1.51. The Labute approximate surface area is 102 Å². The summed E-state index contributed by atoms with van der Waals surface area (Å²) in [6.07, 6.45) is 0.445. The molecule has 1 rings (SSSR count). The number of aryl methyl sites for hydroxylation is 2. The average molecular weight is 235 g/mol. The zero-order chi connectivity index (χ0) is 13.2. The molecule has 1 radical (unpaired) electrons. The highest BCUT2D eigenvalue weighted by Crippen LogP contribution is 2.34. The molecule has 3 nitrogen and oxygen atoms in total. The molecule has 0 fully saturated rings. The number of phenols is 1. The van der Waals surface area contributed by atoms with Crippen molar-refractivity contribution in [3.05, 3.63) is 28.8 Å². The van der Waals surface area contributed by atoms with E-state index in [1.807, 2.05) is 39.8 Å². The lowest BCUT2D eigenvalue weighted by Crippen LogP contribution is -2.12. The lowest BCUT2D eigenvalue weighted by molar-refractivity contribution is -0.143. The smallest absolute Gasteiger partial charge is 0.355 e. The second kappa shape index (κ2) is 4.78. The van der Waals surface area contributed by atoms with Gasteiger partial charge in [-0.3, -0.25) is 0 Å². The summed E-state index contributed by atoms with van der Waals surface area (Å²) >= 11 is 0. The summed E-state index contributed by atoms with van der Waals surface area (Å²) in [5, 5.41) is 20.5. The van der Waals surface area contributed by atoms with Crippen molar-refractivity contribution in [2.24, 2.45) is 0 Å². The molecule has 0 amide bonds. The third kappa shape index (κ3) is 3.48. The molecule has 0 bridgehead atoms. The van der Waals surface area contributed by atoms with Crippen LogP contribution in [0.15, 0.2) is 12.1 Å². The van der Waals surface area contributed by atoms with Crippen molar-refractivity contribution < 1.29 is 15.0 Å². The molecule has 0 atom stereocenters. The maximum atomic E-state index is 10.4. The van der Waals surface area contributed by atoms with Gasteiger partial charge in [0.1, 0.15) is 5.75 Å². The Morgan fingerprint density at radius 1 is 1.29 bits per heavy atom. The van der Waals surface area contributed by atoms with Crippen LogP contribution in [0.25, 0.3) is 0 Å². The van der Waals surface area contributed by atoms with E-state index in [4.69, 9.17) is 0 Å². The predicted octanol–water partition coefficient (Wildman–Crippen LogP) is 2.89. The van der Waals surface area contributed by atoms with Crippen LogP contribution < -0.4 is 0 Å². The molecular formula is C14H19O3. The molecule has 0 saturated carbocycles. The molecule has 0 saturated heterocycles. The predicted molar refractivity (Wildman–Crippen MR) is 65.6 cm³/mol. The van der Waals surface area contributed by atoms with Crippen molar-refractivity contribution >= 4 is 5.97 Å². The summed E-state index contributed by atoms with van der Waals surface area (Å²) in [7, 11) is 0. The van der Waals surface area contributed by atoms with Crippen molar-refractivity contribution in [3.63, 3.8) is 0 Å². The minimum atomic E-state index is -1.05. The molecule has 1 aromatic rings. The van der Waals surface area contributed by atoms with Gasteiger partial charge in [0.05, 0.1) is 6.42 Å². The van der Waals surface area contributed by atoms with Gasteiger partial charge in [-0.25, -0.2) is 9.90 Å². The third-order valence-electron chi connectivity index (χ3n) is 2.79. The van der Waals surface area contributed by atoms with E-state index in [0.29, 0.717) is 12.2 Å². The second-order valence-corrected chi connectivity index (χ2v) is 5.43. The van der Waals surface area contributed by atoms with E-state index in [1.165, 1.54) is 0 Å². The number of benzene rings is 1. The first-order valence-electron chi connectivity index (χ1n) is 5.74. The Bertz CT molecular complexity index is 428. The van der Waals surface area contributed by atoms with Crippen LogP contribution in [0.3, 0.4) is 0 Å². The summed E-state index contributed by atoms with van der Waals surface area (Å²) in [5.41, 5.74) is 2.40. The Morgan fingerprint density at radius 3 is 2.35 bits per heavy atom. The lowest BCUT2D eigenvalue weighted by atomic mass is 9.83. The van der Waals surface area contributed by atoms with Crippen molar-refractivity contribution in [3.8, 4) is 5.75 Å². The summed E-state index contributed by atoms with van der Waals surface area (Å²) in [6.45, 7) is 7.88. The van der Waals surface area contributed by atoms with E-state index in [2.05, 4.69) is 0 Å². The Morgan fingerprint density at radius 2 is 1.88 bits per heavy atom. The van der Waals surface area contributed by atoms with Crippen LogP contribution in [0.2, 0.25) is 0 Å². The summed E-state index contributed by atoms with van der Waals surface area (Å²) < 4.78 is 0. The van der Waals surface area contributed by atoms with Crippen LogP contribution in [0.1, 0.15) is 43.9 Å². The summed E-state index contributed by atoms with van der Waals surface area (Å²) in [5.74, 6) is -0.747. The molecule has 1 N–H and O–H groups in total. The van der Waals surface area contributed by atoms with E-state index in [0.717, 1.165) is 16.7 Å². The first-order chi connectivity index (χ1) is 7.71. The highest BCUT2D eigenvalue weighted by molar-refractivity contribution is 5.66. The molecule has 0 aliphatic carbocycles. The van der Waals surface area contributed by atoms with Crippen LogP contribution in [-0.4, -0.2) is 11.1 Å². The number of aromatic hydroxyl groups is 1. The summed E-state index contributed by atoms with van der Waals surface area (Å²) in [6, 6.07) is 3.71. The Balaban J connectivity index is 3.11. The van der Waals surface area contributed by atoms with Crippen LogP contribution >= 0.6 is 0 Å². The molecule has 0 heterocycles. The first-order valence-corrected chi connectivity index (χ1v) is 5.74. The van der Waals surface area contributed by atoms with E-state index < -0.39 is 5.97 Å². The number of rotatable bonds is 3. The van der Waals surface area contributed by atoms with Crippen molar-refractivity contribution in [2.75, 3.05) is 0 Å². The molecule has 0 aliphatic rings. The molecule has 93 valence electrons. The minimum absolute atomic E-state index is 0.00774. The number of phenolic OH excluding ortho intramolecular Hbond substituents is 1. The standard InChI is InChI=1S/C14H19O3/c1-9-7-10(5-6-12(15)16)8-11(13(9)17)14(2,3)4/h7-8,17H,5-6H2,1-4H3. The molecule has 0 aliphatic heterocycles. The van der Waals surface area contributed by atoms with Gasteiger partial charge >= 0.3 is 5.97 Å². The maximum Gasteiger partial charge on any atom is 0.355 e.